The topological polar surface area (TPSA) is 0 Å². The molecule has 0 aromatic carbocycles. The van der Waals surface area contributed by atoms with E-state index < -0.39 is 0 Å². The average molecular weight is 878 g/mol. The van der Waals surface area contributed by atoms with E-state index in [9.17, 15) is 0 Å². The third kappa shape index (κ3) is 14.5. The monoisotopic (exact) mass is 877 g/mol. The van der Waals surface area contributed by atoms with Gasteiger partial charge in [0.1, 0.15) is 0 Å². The fourth-order valence-corrected chi connectivity index (χ4v) is 17.1. The molecule has 12 atom stereocenters. The molecule has 8 rings (SSSR count). The lowest BCUT2D eigenvalue weighted by molar-refractivity contribution is -0.235. The first-order valence-electron chi connectivity index (χ1n) is 29.9. The molecule has 8 aliphatic rings. The van der Waals surface area contributed by atoms with Gasteiger partial charge in [-0.3, -0.25) is 0 Å². The van der Waals surface area contributed by atoms with Gasteiger partial charge in [-0.1, -0.05) is 175 Å². The molecule has 0 heteroatoms. The predicted molar refractivity (Wildman–Crippen MR) is 283 cm³/mol. The summed E-state index contributed by atoms with van der Waals surface area (Å²) in [6.45, 7) is 39.4. The van der Waals surface area contributed by atoms with Gasteiger partial charge in [-0.2, -0.15) is 0 Å². The van der Waals surface area contributed by atoms with Crippen molar-refractivity contribution in [2.45, 2.75) is 278 Å². The van der Waals surface area contributed by atoms with Gasteiger partial charge in [0.25, 0.3) is 0 Å². The summed E-state index contributed by atoms with van der Waals surface area (Å²) in [5, 5.41) is 0. The molecule has 0 nitrogen and oxygen atoms in total. The Morgan fingerprint density at radius 3 is 1.41 bits per heavy atom. The van der Waals surface area contributed by atoms with Crippen molar-refractivity contribution in [3.8, 4) is 0 Å². The van der Waals surface area contributed by atoms with Crippen LogP contribution in [0.4, 0.5) is 0 Å². The summed E-state index contributed by atoms with van der Waals surface area (Å²) < 4.78 is 0. The standard InChI is InChI=1S/C27H48.C25H44.2C4H10.C3H8/c1-5-6-7-8-9-10-26-19(4)11-25-16-24(17-27(25)26)23-14-21-12-20(18(2)3)13-22(21)15-23;1-6-8-10-22-18(5)11-25(22)16-21(23(25)9-7-2)20-14-24(15-20)12-19(13-24)17(3)4;2*1-4(2)3;1-3-2/h18-27H,5-17H2,1-4H3;17-23H,6-16H2,1-5H3;2*4H,1-3H3;3H2,1-2H3. The Bertz CT molecular complexity index is 1180. The lowest BCUT2D eigenvalue weighted by Crippen LogP contribution is -2.65. The van der Waals surface area contributed by atoms with Crippen molar-refractivity contribution in [1.29, 1.82) is 0 Å². The lowest BCUT2D eigenvalue weighted by atomic mass is 9.32. The van der Waals surface area contributed by atoms with Gasteiger partial charge in [0, 0.05) is 0 Å². The zero-order valence-electron chi connectivity index (χ0n) is 46.6. The Hall–Kier alpha value is 0. The number of unbranched alkanes of at least 4 members (excludes halogenated alkanes) is 5. The van der Waals surface area contributed by atoms with Crippen LogP contribution in [0.1, 0.15) is 278 Å². The normalized spacial score (nSPS) is 41.6. The first-order valence-corrected chi connectivity index (χ1v) is 29.9. The lowest BCUT2D eigenvalue weighted by Gasteiger charge is -2.72. The second kappa shape index (κ2) is 26.1. The van der Waals surface area contributed by atoms with Crippen LogP contribution in [0.15, 0.2) is 0 Å². The van der Waals surface area contributed by atoms with Crippen molar-refractivity contribution < 1.29 is 0 Å². The number of rotatable bonds is 15. The summed E-state index contributed by atoms with van der Waals surface area (Å²) >= 11 is 0. The van der Waals surface area contributed by atoms with Gasteiger partial charge in [-0.15, -0.1) is 0 Å². The largest absolute Gasteiger partial charge is 0.0656 e. The second-order valence-corrected chi connectivity index (χ2v) is 27.6. The van der Waals surface area contributed by atoms with E-state index in [2.05, 4.69) is 118 Å². The van der Waals surface area contributed by atoms with E-state index in [1.807, 2.05) is 0 Å². The fraction of sp³-hybridized carbons (Fsp3) is 1.00. The molecule has 8 aliphatic carbocycles. The summed E-state index contributed by atoms with van der Waals surface area (Å²) in [5.74, 6) is 20.0. The first kappa shape index (κ1) is 55.6. The Balaban J connectivity index is 0.000000225. The molecule has 0 N–H and O–H groups in total. The van der Waals surface area contributed by atoms with Gasteiger partial charge in [-0.25, -0.2) is 0 Å². The van der Waals surface area contributed by atoms with Crippen molar-refractivity contribution in [3.05, 3.63) is 0 Å². The van der Waals surface area contributed by atoms with Crippen LogP contribution in [-0.4, -0.2) is 0 Å². The molecular formula is C63H120. The number of fused-ring (bicyclic) bond motifs is 2. The van der Waals surface area contributed by atoms with Crippen molar-refractivity contribution in [1.82, 2.24) is 0 Å². The molecule has 0 radical (unpaired) electrons. The van der Waals surface area contributed by atoms with E-state index >= 15 is 0 Å². The highest BCUT2D eigenvalue weighted by Crippen LogP contribution is 2.75. The van der Waals surface area contributed by atoms with Crippen LogP contribution in [0.3, 0.4) is 0 Å². The maximum atomic E-state index is 2.59. The molecule has 0 heterocycles. The Labute approximate surface area is 399 Å². The maximum Gasteiger partial charge on any atom is -0.0230 e. The first-order chi connectivity index (χ1) is 29.9. The highest BCUT2D eigenvalue weighted by Gasteiger charge is 2.67. The Kier molecular flexibility index (Phi) is 23.0. The number of hydrogen-bond donors (Lipinski definition) is 0. The van der Waals surface area contributed by atoms with Gasteiger partial charge < -0.3 is 0 Å². The molecule has 8 saturated carbocycles. The van der Waals surface area contributed by atoms with Crippen LogP contribution in [0.5, 0.6) is 0 Å². The molecule has 0 saturated heterocycles. The van der Waals surface area contributed by atoms with Crippen molar-refractivity contribution in [2.24, 2.45) is 123 Å². The smallest absolute Gasteiger partial charge is 0.0230 e. The molecule has 0 aliphatic heterocycles. The van der Waals surface area contributed by atoms with Crippen LogP contribution < -0.4 is 0 Å². The van der Waals surface area contributed by atoms with Gasteiger partial charge in [0.15, 0.2) is 0 Å². The van der Waals surface area contributed by atoms with Gasteiger partial charge in [0.05, 0.1) is 0 Å². The molecule has 8 fully saturated rings. The SMILES string of the molecule is CC(C)C.CC(C)C.CCC.CCCCC1C(C)CC12CC(C1CC3(CC(C(C)C)C3)C1)C2CCC.CCCCCCCC1C(C)CC2CC(C3CC4CC(C(C)C)CC4C3)CC21. The van der Waals surface area contributed by atoms with E-state index in [4.69, 9.17) is 0 Å². The van der Waals surface area contributed by atoms with Crippen molar-refractivity contribution >= 4 is 0 Å². The molecule has 63 heavy (non-hydrogen) atoms. The van der Waals surface area contributed by atoms with Gasteiger partial charge in [-0.05, 0) is 226 Å². The summed E-state index contributed by atoms with van der Waals surface area (Å²) in [7, 11) is 0. The molecular weight excluding hydrogens is 757 g/mol. The molecule has 0 amide bonds. The highest BCUT2D eigenvalue weighted by atomic mass is 14.7. The minimum absolute atomic E-state index is 0.818. The second-order valence-electron chi connectivity index (χ2n) is 27.6. The third-order valence-corrected chi connectivity index (χ3v) is 19.9. The molecule has 372 valence electrons. The molecule has 0 bridgehead atoms. The summed E-state index contributed by atoms with van der Waals surface area (Å²) in [4.78, 5) is 0. The molecule has 0 aromatic heterocycles. The van der Waals surface area contributed by atoms with Crippen LogP contribution in [0, 0.1) is 123 Å². The quantitative estimate of drug-likeness (QED) is 0.144. The summed E-state index contributed by atoms with van der Waals surface area (Å²) in [5.41, 5.74) is 1.66. The van der Waals surface area contributed by atoms with Crippen LogP contribution in [-0.2, 0) is 0 Å². The Morgan fingerprint density at radius 2 is 0.905 bits per heavy atom. The van der Waals surface area contributed by atoms with E-state index in [1.165, 1.54) is 70.6 Å². The number of hydrogen-bond acceptors (Lipinski definition) is 0. The maximum absolute atomic E-state index is 2.59. The predicted octanol–water partition coefficient (Wildman–Crippen LogP) is 20.8. The van der Waals surface area contributed by atoms with E-state index in [-0.39, 0.29) is 0 Å². The Morgan fingerprint density at radius 1 is 0.397 bits per heavy atom. The van der Waals surface area contributed by atoms with Crippen LogP contribution >= 0.6 is 0 Å². The van der Waals surface area contributed by atoms with Crippen molar-refractivity contribution in [3.63, 3.8) is 0 Å². The highest BCUT2D eigenvalue weighted by molar-refractivity contribution is 5.16. The fourth-order valence-electron chi connectivity index (χ4n) is 17.1. The summed E-state index contributed by atoms with van der Waals surface area (Å²) in [6, 6.07) is 0. The van der Waals surface area contributed by atoms with Gasteiger partial charge >= 0.3 is 0 Å². The van der Waals surface area contributed by atoms with Crippen LogP contribution in [0.25, 0.3) is 0 Å². The minimum atomic E-state index is 0.818. The van der Waals surface area contributed by atoms with Crippen molar-refractivity contribution in [2.75, 3.05) is 0 Å². The molecule has 0 aromatic rings. The van der Waals surface area contributed by atoms with E-state index in [0.717, 1.165) is 123 Å². The van der Waals surface area contributed by atoms with Gasteiger partial charge in [0.2, 0.25) is 0 Å². The summed E-state index contributed by atoms with van der Waals surface area (Å²) in [6.07, 6.45) is 38.3. The zero-order chi connectivity index (χ0) is 46.6. The average Bonchev–Trinajstić information content (AvgIpc) is 3.92. The molecule has 12 unspecified atom stereocenters. The minimum Gasteiger partial charge on any atom is -0.0656 e. The third-order valence-electron chi connectivity index (χ3n) is 19.9. The molecule has 2 spiro atoms. The zero-order valence-corrected chi connectivity index (χ0v) is 46.6. The van der Waals surface area contributed by atoms with Crippen LogP contribution in [0.2, 0.25) is 0 Å². The van der Waals surface area contributed by atoms with E-state index in [1.54, 1.807) is 89.9 Å². The van der Waals surface area contributed by atoms with E-state index in [0.29, 0.717) is 0 Å².